The van der Waals surface area contributed by atoms with E-state index in [1.807, 2.05) is 0 Å². The number of rotatable bonds is 15. The van der Waals surface area contributed by atoms with Crippen LogP contribution >= 0.6 is 11.8 Å². The van der Waals surface area contributed by atoms with Crippen LogP contribution in [0.2, 0.25) is 0 Å². The van der Waals surface area contributed by atoms with Gasteiger partial charge in [0.05, 0.1) is 18.7 Å². The summed E-state index contributed by atoms with van der Waals surface area (Å²) in [5.74, 6) is 1.66. The zero-order valence-electron chi connectivity index (χ0n) is 18.0. The number of hydrogen-bond donors (Lipinski definition) is 0. The van der Waals surface area contributed by atoms with Gasteiger partial charge in [-0.25, -0.2) is 0 Å². The van der Waals surface area contributed by atoms with Crippen LogP contribution < -0.4 is 4.74 Å². The highest BCUT2D eigenvalue weighted by atomic mass is 32.2. The minimum Gasteiger partial charge on any atom is -0.493 e. The molecule has 1 amide bonds. The van der Waals surface area contributed by atoms with Crippen molar-refractivity contribution in [2.24, 2.45) is 5.92 Å². The van der Waals surface area contributed by atoms with Gasteiger partial charge in [0.15, 0.2) is 5.12 Å². The van der Waals surface area contributed by atoms with Gasteiger partial charge in [-0.05, 0) is 24.8 Å². The lowest BCUT2D eigenvalue weighted by Crippen LogP contribution is -2.45. The van der Waals surface area contributed by atoms with Crippen LogP contribution in [-0.2, 0) is 30.2 Å². The van der Waals surface area contributed by atoms with Crippen molar-refractivity contribution in [3.05, 3.63) is 24.0 Å². The number of methoxy groups -OCH3 is 2. The maximum absolute atomic E-state index is 13.0. The summed E-state index contributed by atoms with van der Waals surface area (Å²) >= 11 is 1.08. The minimum atomic E-state index is -0.659. The zero-order valence-corrected chi connectivity index (χ0v) is 18.8. The predicted octanol–water partition coefficient (Wildman–Crippen LogP) is 2.85. The second-order valence-electron chi connectivity index (χ2n) is 7.21. The molecule has 1 aliphatic rings. The average molecular weight is 441 g/mol. The Balaban J connectivity index is 1.95. The second kappa shape index (κ2) is 13.6. The summed E-state index contributed by atoms with van der Waals surface area (Å²) in [5.41, 5.74) is 0.602. The molecule has 1 aromatic heterocycles. The molecule has 1 atom stereocenters. The number of carbonyl (C=O) groups excluding carboxylic acids is 2. The molecule has 1 aliphatic carbocycles. The number of thioether (sulfide) groups is 1. The molecule has 0 radical (unpaired) electrons. The highest BCUT2D eigenvalue weighted by Crippen LogP contribution is 2.33. The zero-order chi connectivity index (χ0) is 21.8. The Hall–Kier alpha value is -1.68. The number of carbonyl (C=O) groups is 2. The fourth-order valence-electron chi connectivity index (χ4n) is 2.89. The molecular formula is C21H32N2O6S. The van der Waals surface area contributed by atoms with Gasteiger partial charge < -0.3 is 18.9 Å². The molecule has 1 heterocycles. The van der Waals surface area contributed by atoms with E-state index in [0.717, 1.165) is 24.1 Å². The van der Waals surface area contributed by atoms with Crippen LogP contribution in [0.1, 0.15) is 38.3 Å². The first kappa shape index (κ1) is 24.6. The lowest BCUT2D eigenvalue weighted by atomic mass is 10.2. The van der Waals surface area contributed by atoms with E-state index < -0.39 is 6.23 Å². The van der Waals surface area contributed by atoms with Crippen molar-refractivity contribution in [1.82, 2.24) is 9.88 Å². The van der Waals surface area contributed by atoms with Gasteiger partial charge in [-0.1, -0.05) is 24.6 Å². The van der Waals surface area contributed by atoms with E-state index in [-0.39, 0.29) is 36.7 Å². The first-order chi connectivity index (χ1) is 14.5. The number of pyridine rings is 1. The number of hydrogen-bond acceptors (Lipinski definition) is 8. The maximum atomic E-state index is 13.0. The molecule has 9 heteroatoms. The van der Waals surface area contributed by atoms with Gasteiger partial charge >= 0.3 is 0 Å². The van der Waals surface area contributed by atoms with E-state index in [1.165, 1.54) is 45.3 Å². The molecule has 0 aliphatic heterocycles. The van der Waals surface area contributed by atoms with Gasteiger partial charge in [-0.2, -0.15) is 0 Å². The predicted molar refractivity (Wildman–Crippen MR) is 114 cm³/mol. The smallest absolute Gasteiger partial charge is 0.232 e. The van der Waals surface area contributed by atoms with Crippen molar-refractivity contribution < 1.29 is 28.5 Å². The van der Waals surface area contributed by atoms with Crippen LogP contribution in [0.25, 0.3) is 0 Å². The Morgan fingerprint density at radius 2 is 2.10 bits per heavy atom. The summed E-state index contributed by atoms with van der Waals surface area (Å²) in [6.07, 6.45) is 6.00. The second-order valence-corrected chi connectivity index (χ2v) is 8.40. The SMILES string of the molecule is COCO[C@H](CSC(C)=O)N(COC)C(=O)Cc1cc(OCCCC2CC2)ccn1. The summed E-state index contributed by atoms with van der Waals surface area (Å²) in [6, 6.07) is 3.58. The van der Waals surface area contributed by atoms with Crippen LogP contribution in [0.5, 0.6) is 5.75 Å². The summed E-state index contributed by atoms with van der Waals surface area (Å²) in [4.78, 5) is 30.1. The van der Waals surface area contributed by atoms with Crippen molar-refractivity contribution in [2.75, 3.05) is 40.1 Å². The maximum Gasteiger partial charge on any atom is 0.232 e. The van der Waals surface area contributed by atoms with Gasteiger partial charge in [0.25, 0.3) is 0 Å². The molecule has 0 spiro atoms. The molecule has 0 N–H and O–H groups in total. The fraction of sp³-hybridized carbons (Fsp3) is 0.667. The lowest BCUT2D eigenvalue weighted by molar-refractivity contribution is -0.167. The monoisotopic (exact) mass is 440 g/mol. The van der Waals surface area contributed by atoms with Gasteiger partial charge in [-0.3, -0.25) is 19.5 Å². The van der Waals surface area contributed by atoms with Gasteiger partial charge in [-0.15, -0.1) is 0 Å². The Morgan fingerprint density at radius 3 is 2.77 bits per heavy atom. The van der Waals surface area contributed by atoms with Gasteiger partial charge in [0.2, 0.25) is 5.91 Å². The molecule has 1 saturated carbocycles. The molecular weight excluding hydrogens is 408 g/mol. The molecule has 2 rings (SSSR count). The summed E-state index contributed by atoms with van der Waals surface area (Å²) in [6.45, 7) is 2.17. The number of nitrogens with zero attached hydrogens (tertiary/aromatic N) is 2. The van der Waals surface area contributed by atoms with Crippen molar-refractivity contribution >= 4 is 22.8 Å². The topological polar surface area (TPSA) is 87.2 Å². The summed E-state index contributed by atoms with van der Waals surface area (Å²) in [7, 11) is 3.00. The Kier molecular flexibility index (Phi) is 11.1. The highest BCUT2D eigenvalue weighted by molar-refractivity contribution is 8.13. The van der Waals surface area contributed by atoms with Crippen LogP contribution in [-0.4, -0.2) is 67.2 Å². The van der Waals surface area contributed by atoms with Gasteiger partial charge in [0.1, 0.15) is 25.5 Å². The van der Waals surface area contributed by atoms with Crippen molar-refractivity contribution in [2.45, 2.75) is 45.3 Å². The summed E-state index contributed by atoms with van der Waals surface area (Å²) in [5, 5.41) is -0.0564. The van der Waals surface area contributed by atoms with Crippen LogP contribution in [0, 0.1) is 5.92 Å². The fourth-order valence-corrected chi connectivity index (χ4v) is 3.54. The van der Waals surface area contributed by atoms with Crippen LogP contribution in [0.4, 0.5) is 0 Å². The first-order valence-electron chi connectivity index (χ1n) is 10.1. The highest BCUT2D eigenvalue weighted by Gasteiger charge is 2.26. The third-order valence-electron chi connectivity index (χ3n) is 4.59. The Bertz CT molecular complexity index is 671. The van der Waals surface area contributed by atoms with E-state index in [1.54, 1.807) is 18.3 Å². The van der Waals surface area contributed by atoms with E-state index in [9.17, 15) is 9.59 Å². The number of aromatic nitrogens is 1. The Labute approximate surface area is 182 Å². The third kappa shape index (κ3) is 9.42. The first-order valence-corrected chi connectivity index (χ1v) is 11.1. The van der Waals surface area contributed by atoms with Crippen LogP contribution in [0.15, 0.2) is 18.3 Å². The Morgan fingerprint density at radius 1 is 1.30 bits per heavy atom. The molecule has 8 nitrogen and oxygen atoms in total. The van der Waals surface area contributed by atoms with Crippen LogP contribution in [0.3, 0.4) is 0 Å². The summed E-state index contributed by atoms with van der Waals surface area (Å²) < 4.78 is 21.6. The van der Waals surface area contributed by atoms with Crippen molar-refractivity contribution in [3.8, 4) is 5.75 Å². The van der Waals surface area contributed by atoms with E-state index in [2.05, 4.69) is 4.98 Å². The molecule has 0 bridgehead atoms. The van der Waals surface area contributed by atoms with Crippen molar-refractivity contribution in [3.63, 3.8) is 0 Å². The minimum absolute atomic E-state index is 0.000935. The largest absolute Gasteiger partial charge is 0.493 e. The molecule has 0 aromatic carbocycles. The van der Waals surface area contributed by atoms with E-state index >= 15 is 0 Å². The molecule has 30 heavy (non-hydrogen) atoms. The average Bonchev–Trinajstić information content (AvgIpc) is 3.54. The molecule has 168 valence electrons. The van der Waals surface area contributed by atoms with Gasteiger partial charge in [0, 0.05) is 39.2 Å². The van der Waals surface area contributed by atoms with E-state index in [0.29, 0.717) is 18.1 Å². The van der Waals surface area contributed by atoms with Crippen molar-refractivity contribution in [1.29, 1.82) is 0 Å². The molecule has 0 unspecified atom stereocenters. The third-order valence-corrected chi connectivity index (χ3v) is 5.44. The normalized spacial score (nSPS) is 14.4. The van der Waals surface area contributed by atoms with E-state index in [4.69, 9.17) is 18.9 Å². The quantitative estimate of drug-likeness (QED) is 0.304. The molecule has 1 aromatic rings. The molecule has 1 fully saturated rings. The molecule has 0 saturated heterocycles. The number of amides is 1. The number of ether oxygens (including phenoxy) is 4. The lowest BCUT2D eigenvalue weighted by Gasteiger charge is -2.30. The standard InChI is InChI=1S/C21H32N2O6S/c1-16(24)30-13-21(29-15-27-3)23(14-26-2)20(25)12-18-11-19(8-9-22-18)28-10-4-5-17-6-7-17/h8-9,11,17,21H,4-7,10,12-15H2,1-3H3/t21-/m1/s1.